The minimum Gasteiger partial charge on any atom is -0.481 e. The molecule has 0 spiro atoms. The number of carbonyl (C=O) groups is 2. The second kappa shape index (κ2) is 7.25. The molecule has 1 heterocycles. The van der Waals surface area contributed by atoms with E-state index >= 15 is 0 Å². The van der Waals surface area contributed by atoms with Gasteiger partial charge in [0, 0.05) is 13.0 Å². The molecular formula is C16H27NO4. The highest BCUT2D eigenvalue weighted by atomic mass is 16.5. The molecule has 21 heavy (non-hydrogen) atoms. The predicted octanol–water partition coefficient (Wildman–Crippen LogP) is 2.49. The molecule has 2 unspecified atom stereocenters. The zero-order chi connectivity index (χ0) is 15.3. The van der Waals surface area contributed by atoms with Crippen molar-refractivity contribution in [2.75, 3.05) is 6.54 Å². The fourth-order valence-electron chi connectivity index (χ4n) is 3.44. The summed E-state index contributed by atoms with van der Waals surface area (Å²) in [7, 11) is 0. The van der Waals surface area contributed by atoms with Gasteiger partial charge in [0.25, 0.3) is 0 Å². The molecule has 1 aliphatic carbocycles. The average Bonchev–Trinajstić information content (AvgIpc) is 2.89. The number of hydrogen-bond acceptors (Lipinski definition) is 3. The van der Waals surface area contributed by atoms with Crippen molar-refractivity contribution in [2.24, 2.45) is 5.41 Å². The zero-order valence-electron chi connectivity index (χ0n) is 12.9. The van der Waals surface area contributed by atoms with Gasteiger partial charge < -0.3 is 15.2 Å². The van der Waals surface area contributed by atoms with Crippen molar-refractivity contribution in [1.29, 1.82) is 0 Å². The molecule has 1 aliphatic heterocycles. The van der Waals surface area contributed by atoms with E-state index in [1.807, 2.05) is 0 Å². The van der Waals surface area contributed by atoms with Crippen molar-refractivity contribution in [2.45, 2.75) is 76.9 Å². The Morgan fingerprint density at radius 2 is 1.95 bits per heavy atom. The molecule has 2 rings (SSSR count). The monoisotopic (exact) mass is 297 g/mol. The van der Waals surface area contributed by atoms with Crippen LogP contribution in [0.5, 0.6) is 0 Å². The number of hydrogen-bond donors (Lipinski definition) is 2. The molecule has 2 N–H and O–H groups in total. The van der Waals surface area contributed by atoms with Crippen LogP contribution >= 0.6 is 0 Å². The molecule has 0 aromatic carbocycles. The van der Waals surface area contributed by atoms with Gasteiger partial charge in [0.2, 0.25) is 5.91 Å². The highest BCUT2D eigenvalue weighted by Gasteiger charge is 2.39. The van der Waals surface area contributed by atoms with Crippen molar-refractivity contribution in [1.82, 2.24) is 5.32 Å². The lowest BCUT2D eigenvalue weighted by atomic mass is 9.74. The van der Waals surface area contributed by atoms with Crippen LogP contribution in [0.3, 0.4) is 0 Å². The number of nitrogens with one attached hydrogen (secondary N) is 1. The number of aliphatic carboxylic acids is 1. The fraction of sp³-hybridized carbons (Fsp3) is 0.875. The third-order valence-corrected chi connectivity index (χ3v) is 4.90. The Kier molecular flexibility index (Phi) is 5.62. The van der Waals surface area contributed by atoms with Crippen LogP contribution in [0.1, 0.15) is 64.7 Å². The molecule has 1 saturated heterocycles. The van der Waals surface area contributed by atoms with Crippen LogP contribution in [0.4, 0.5) is 0 Å². The van der Waals surface area contributed by atoms with E-state index in [2.05, 4.69) is 12.2 Å². The smallest absolute Gasteiger partial charge is 0.311 e. The number of rotatable bonds is 6. The molecule has 0 aromatic rings. The van der Waals surface area contributed by atoms with Crippen LogP contribution in [0.15, 0.2) is 0 Å². The van der Waals surface area contributed by atoms with Gasteiger partial charge in [0.05, 0.1) is 17.6 Å². The Balaban J connectivity index is 1.73. The maximum atomic E-state index is 11.9. The van der Waals surface area contributed by atoms with E-state index in [4.69, 9.17) is 4.74 Å². The first-order valence-electron chi connectivity index (χ1n) is 8.17. The summed E-state index contributed by atoms with van der Waals surface area (Å²) in [4.78, 5) is 23.4. The summed E-state index contributed by atoms with van der Waals surface area (Å²) in [6, 6.07) is 0. The van der Waals surface area contributed by atoms with Crippen LogP contribution in [-0.4, -0.2) is 35.7 Å². The van der Waals surface area contributed by atoms with Gasteiger partial charge >= 0.3 is 5.97 Å². The van der Waals surface area contributed by atoms with Gasteiger partial charge in [-0.2, -0.15) is 0 Å². The van der Waals surface area contributed by atoms with Crippen molar-refractivity contribution in [3.05, 3.63) is 0 Å². The molecule has 2 aliphatic rings. The molecule has 0 bridgehead atoms. The summed E-state index contributed by atoms with van der Waals surface area (Å²) < 4.78 is 5.69. The summed E-state index contributed by atoms with van der Waals surface area (Å²) in [5.41, 5.74) is -0.744. The molecule has 1 amide bonds. The minimum atomic E-state index is -0.768. The minimum absolute atomic E-state index is 0.0515. The number of carboxylic acid groups (broad SMARTS) is 1. The fourth-order valence-corrected chi connectivity index (χ4v) is 3.44. The van der Waals surface area contributed by atoms with Gasteiger partial charge in [-0.05, 0) is 39.0 Å². The van der Waals surface area contributed by atoms with E-state index < -0.39 is 11.4 Å². The van der Waals surface area contributed by atoms with Gasteiger partial charge in [0.1, 0.15) is 0 Å². The molecule has 1 saturated carbocycles. The summed E-state index contributed by atoms with van der Waals surface area (Å²) in [6.07, 6.45) is 8.05. The Bertz CT molecular complexity index is 376. The summed E-state index contributed by atoms with van der Waals surface area (Å²) in [6.45, 7) is 2.32. The molecule has 2 fully saturated rings. The van der Waals surface area contributed by atoms with Gasteiger partial charge in [-0.3, -0.25) is 9.59 Å². The first-order valence-corrected chi connectivity index (χ1v) is 8.17. The summed E-state index contributed by atoms with van der Waals surface area (Å²) in [5, 5.41) is 12.3. The first kappa shape index (κ1) is 16.3. The molecule has 2 atom stereocenters. The van der Waals surface area contributed by atoms with Gasteiger partial charge in [0.15, 0.2) is 0 Å². The van der Waals surface area contributed by atoms with Crippen LogP contribution in [0.2, 0.25) is 0 Å². The maximum Gasteiger partial charge on any atom is 0.311 e. The second-order valence-corrected chi connectivity index (χ2v) is 6.61. The van der Waals surface area contributed by atoms with Gasteiger partial charge in [-0.1, -0.05) is 19.3 Å². The quantitative estimate of drug-likeness (QED) is 0.789. The number of carboxylic acids is 1. The molecular weight excluding hydrogens is 270 g/mol. The maximum absolute atomic E-state index is 11.9. The molecule has 5 nitrogen and oxygen atoms in total. The van der Waals surface area contributed by atoms with Crippen LogP contribution in [0, 0.1) is 5.41 Å². The van der Waals surface area contributed by atoms with Crippen molar-refractivity contribution in [3.8, 4) is 0 Å². The standard InChI is InChI=1S/C16H27NO4/c1-12-5-6-13(21-12)7-8-14(18)17-11-16(15(19)20)9-3-2-4-10-16/h12-13H,2-11H2,1H3,(H,17,18)(H,19,20). The molecule has 0 aromatic heterocycles. The summed E-state index contributed by atoms with van der Waals surface area (Å²) >= 11 is 0. The van der Waals surface area contributed by atoms with E-state index in [0.717, 1.165) is 38.5 Å². The molecule has 120 valence electrons. The number of ether oxygens (including phenoxy) is 1. The first-order chi connectivity index (χ1) is 10.0. The van der Waals surface area contributed by atoms with Crippen molar-refractivity contribution in [3.63, 3.8) is 0 Å². The van der Waals surface area contributed by atoms with Gasteiger partial charge in [-0.25, -0.2) is 0 Å². The zero-order valence-corrected chi connectivity index (χ0v) is 12.9. The average molecular weight is 297 g/mol. The van der Waals surface area contributed by atoms with E-state index in [1.54, 1.807) is 0 Å². The van der Waals surface area contributed by atoms with Crippen molar-refractivity contribution < 1.29 is 19.4 Å². The molecule has 0 radical (unpaired) electrons. The van der Waals surface area contributed by atoms with Crippen molar-refractivity contribution >= 4 is 11.9 Å². The highest BCUT2D eigenvalue weighted by Crippen LogP contribution is 2.36. The Morgan fingerprint density at radius 3 is 2.52 bits per heavy atom. The topological polar surface area (TPSA) is 75.6 Å². The van der Waals surface area contributed by atoms with E-state index in [1.165, 1.54) is 0 Å². The molecule has 5 heteroatoms. The SMILES string of the molecule is CC1CCC(CCC(=O)NCC2(C(=O)O)CCCCC2)O1. The number of carbonyl (C=O) groups excluding carboxylic acids is 1. The Morgan fingerprint density at radius 1 is 1.24 bits per heavy atom. The van der Waals surface area contributed by atoms with Crippen LogP contribution in [0.25, 0.3) is 0 Å². The third kappa shape index (κ3) is 4.43. The van der Waals surface area contributed by atoms with E-state index in [0.29, 0.717) is 25.4 Å². The van der Waals surface area contributed by atoms with E-state index in [-0.39, 0.29) is 18.6 Å². The largest absolute Gasteiger partial charge is 0.481 e. The lowest BCUT2D eigenvalue weighted by Crippen LogP contribution is -2.44. The normalized spacial score (nSPS) is 28.2. The third-order valence-electron chi connectivity index (χ3n) is 4.90. The van der Waals surface area contributed by atoms with Crippen LogP contribution in [-0.2, 0) is 14.3 Å². The Labute approximate surface area is 126 Å². The van der Waals surface area contributed by atoms with Gasteiger partial charge in [-0.15, -0.1) is 0 Å². The summed E-state index contributed by atoms with van der Waals surface area (Å²) in [5.74, 6) is -0.820. The highest BCUT2D eigenvalue weighted by molar-refractivity contribution is 5.79. The second-order valence-electron chi connectivity index (χ2n) is 6.61. The van der Waals surface area contributed by atoms with E-state index in [9.17, 15) is 14.7 Å². The lowest BCUT2D eigenvalue weighted by molar-refractivity contribution is -0.151. The predicted molar refractivity (Wildman–Crippen MR) is 79.0 cm³/mol. The Hall–Kier alpha value is -1.10. The van der Waals surface area contributed by atoms with Crippen LogP contribution < -0.4 is 5.32 Å². The lowest BCUT2D eigenvalue weighted by Gasteiger charge is -2.33. The number of amides is 1.